The summed E-state index contributed by atoms with van der Waals surface area (Å²) in [4.78, 5) is 20.8. The van der Waals surface area contributed by atoms with Crippen LogP contribution in [0.5, 0.6) is 0 Å². The van der Waals surface area contributed by atoms with Gasteiger partial charge in [0.05, 0.1) is 22.9 Å². The standard InChI is InChI=1S/C26H35F3N6OS2/c1-4-10-31-23(37)33-15-13-32(14-16-33)11-6-5-7-12-34-24(38)35(22(36)25(34,2)3)20-9-8-19(18-30)21(17-20)26(27,28)29/h8-9,17H,4-7,10-16H2,1-3H3,(H,31,37). The Morgan fingerprint density at radius 1 is 1.13 bits per heavy atom. The second-order valence-corrected chi connectivity index (χ2v) is 10.8. The molecule has 0 bridgehead atoms. The van der Waals surface area contributed by atoms with Crippen LogP contribution in [-0.4, -0.2) is 82.2 Å². The third kappa shape index (κ3) is 6.74. The Balaban J connectivity index is 1.52. The highest BCUT2D eigenvalue weighted by Gasteiger charge is 2.49. The van der Waals surface area contributed by atoms with Crippen LogP contribution in [-0.2, 0) is 11.0 Å². The summed E-state index contributed by atoms with van der Waals surface area (Å²) in [5, 5.41) is 13.4. The summed E-state index contributed by atoms with van der Waals surface area (Å²) in [5.41, 5.74) is -2.54. The molecule has 0 spiro atoms. The number of carbonyl (C=O) groups is 1. The molecule has 1 aromatic rings. The first kappa shape index (κ1) is 30.1. The van der Waals surface area contributed by atoms with Gasteiger partial charge in [0, 0.05) is 39.3 Å². The smallest absolute Gasteiger partial charge is 0.363 e. The van der Waals surface area contributed by atoms with Gasteiger partial charge in [-0.1, -0.05) is 13.3 Å². The number of nitrogens with one attached hydrogen (secondary N) is 1. The molecule has 1 aromatic carbocycles. The van der Waals surface area contributed by atoms with E-state index in [1.54, 1.807) is 24.8 Å². The predicted octanol–water partition coefficient (Wildman–Crippen LogP) is 4.36. The minimum atomic E-state index is -4.72. The Morgan fingerprint density at radius 3 is 2.39 bits per heavy atom. The quantitative estimate of drug-likeness (QED) is 0.348. The second kappa shape index (κ2) is 12.6. The average molecular weight is 569 g/mol. The largest absolute Gasteiger partial charge is 0.417 e. The molecule has 0 unspecified atom stereocenters. The molecule has 2 aliphatic heterocycles. The van der Waals surface area contributed by atoms with Crippen LogP contribution in [0.3, 0.4) is 0 Å². The predicted molar refractivity (Wildman–Crippen MR) is 150 cm³/mol. The number of unbranched alkanes of at least 4 members (excludes halogenated alkanes) is 2. The number of halogens is 3. The van der Waals surface area contributed by atoms with E-state index in [-0.39, 0.29) is 16.7 Å². The molecule has 38 heavy (non-hydrogen) atoms. The SMILES string of the molecule is CCCNC(=S)N1CCN(CCCCCN2C(=S)N(c3ccc(C#N)c(C(F)(F)F)c3)C(=O)C2(C)C)CC1. The highest BCUT2D eigenvalue weighted by molar-refractivity contribution is 7.80. The van der Waals surface area contributed by atoms with Crippen LogP contribution in [0.1, 0.15) is 57.6 Å². The molecular formula is C26H35F3N6OS2. The number of benzene rings is 1. The van der Waals surface area contributed by atoms with Crippen molar-refractivity contribution in [2.45, 2.75) is 58.2 Å². The van der Waals surface area contributed by atoms with E-state index in [1.807, 2.05) is 0 Å². The van der Waals surface area contributed by atoms with Gasteiger partial charge in [0.1, 0.15) is 5.54 Å². The molecule has 2 saturated heterocycles. The van der Waals surface area contributed by atoms with Gasteiger partial charge in [0.15, 0.2) is 10.2 Å². The molecule has 2 heterocycles. The van der Waals surface area contributed by atoms with Crippen LogP contribution < -0.4 is 10.2 Å². The van der Waals surface area contributed by atoms with Gasteiger partial charge in [0.25, 0.3) is 5.91 Å². The van der Waals surface area contributed by atoms with Gasteiger partial charge in [-0.3, -0.25) is 14.6 Å². The zero-order valence-corrected chi connectivity index (χ0v) is 23.7. The number of alkyl halides is 3. The second-order valence-electron chi connectivity index (χ2n) is 10.1. The molecule has 7 nitrogen and oxygen atoms in total. The fourth-order valence-corrected chi connectivity index (χ4v) is 5.53. The van der Waals surface area contributed by atoms with Gasteiger partial charge in [0.2, 0.25) is 0 Å². The maximum atomic E-state index is 13.5. The van der Waals surface area contributed by atoms with Crippen molar-refractivity contribution in [3.05, 3.63) is 29.3 Å². The molecular weight excluding hydrogens is 533 g/mol. The van der Waals surface area contributed by atoms with Gasteiger partial charge in [-0.2, -0.15) is 18.4 Å². The van der Waals surface area contributed by atoms with Crippen molar-refractivity contribution in [3.63, 3.8) is 0 Å². The van der Waals surface area contributed by atoms with Crippen LogP contribution in [0.15, 0.2) is 18.2 Å². The van der Waals surface area contributed by atoms with E-state index in [1.165, 1.54) is 6.07 Å². The first-order chi connectivity index (χ1) is 17.9. The number of hydrogen-bond acceptors (Lipinski definition) is 5. The Bertz CT molecular complexity index is 1080. The lowest BCUT2D eigenvalue weighted by Gasteiger charge is -2.36. The summed E-state index contributed by atoms with van der Waals surface area (Å²) in [6, 6.07) is 4.81. The van der Waals surface area contributed by atoms with Crippen molar-refractivity contribution in [2.24, 2.45) is 0 Å². The van der Waals surface area contributed by atoms with E-state index < -0.39 is 22.8 Å². The Morgan fingerprint density at radius 2 is 1.79 bits per heavy atom. The van der Waals surface area contributed by atoms with E-state index in [9.17, 15) is 18.0 Å². The number of thiocarbonyl (C=S) groups is 2. The van der Waals surface area contributed by atoms with Gasteiger partial charge >= 0.3 is 6.18 Å². The molecule has 0 atom stereocenters. The number of hydrogen-bond donors (Lipinski definition) is 1. The van der Waals surface area contributed by atoms with Gasteiger partial charge in [-0.25, -0.2) is 0 Å². The number of rotatable bonds is 9. The van der Waals surface area contributed by atoms with Gasteiger partial charge < -0.3 is 15.1 Å². The highest BCUT2D eigenvalue weighted by Crippen LogP contribution is 2.38. The van der Waals surface area contributed by atoms with E-state index in [4.69, 9.17) is 29.7 Å². The lowest BCUT2D eigenvalue weighted by Crippen LogP contribution is -2.51. The summed E-state index contributed by atoms with van der Waals surface area (Å²) < 4.78 is 40.5. The van der Waals surface area contributed by atoms with Gasteiger partial charge in [-0.15, -0.1) is 0 Å². The first-order valence-corrected chi connectivity index (χ1v) is 13.8. The van der Waals surface area contributed by atoms with Crippen molar-refractivity contribution in [1.29, 1.82) is 5.26 Å². The Hall–Kier alpha value is -2.49. The number of nitrogens with zero attached hydrogens (tertiary/aromatic N) is 5. The lowest BCUT2D eigenvalue weighted by molar-refractivity contribution is -0.137. The van der Waals surface area contributed by atoms with Crippen LogP contribution >= 0.6 is 24.4 Å². The molecule has 1 amide bonds. The first-order valence-electron chi connectivity index (χ1n) is 12.9. The zero-order valence-electron chi connectivity index (χ0n) is 22.1. The molecule has 2 aliphatic rings. The van der Waals surface area contributed by atoms with Crippen LogP contribution in [0.2, 0.25) is 0 Å². The summed E-state index contributed by atoms with van der Waals surface area (Å²) in [6.07, 6.45) is -0.932. The van der Waals surface area contributed by atoms with E-state index in [0.29, 0.717) is 6.54 Å². The number of anilines is 1. The maximum Gasteiger partial charge on any atom is 0.417 e. The third-order valence-electron chi connectivity index (χ3n) is 7.05. The van der Waals surface area contributed by atoms with Crippen molar-refractivity contribution in [2.75, 3.05) is 50.7 Å². The topological polar surface area (TPSA) is 65.8 Å². The Labute approximate surface area is 233 Å². The van der Waals surface area contributed by atoms with E-state index in [0.717, 1.165) is 87.1 Å². The monoisotopic (exact) mass is 568 g/mol. The highest BCUT2D eigenvalue weighted by atomic mass is 32.1. The molecule has 12 heteroatoms. The summed E-state index contributed by atoms with van der Waals surface area (Å²) in [7, 11) is 0. The van der Waals surface area contributed by atoms with Gasteiger partial charge in [-0.05, 0) is 82.3 Å². The molecule has 1 N–H and O–H groups in total. The molecule has 3 rings (SSSR count). The van der Waals surface area contributed by atoms with Crippen molar-refractivity contribution < 1.29 is 18.0 Å². The van der Waals surface area contributed by atoms with Crippen LogP contribution in [0.25, 0.3) is 0 Å². The average Bonchev–Trinajstić information content (AvgIpc) is 3.05. The number of nitriles is 1. The van der Waals surface area contributed by atoms with Crippen molar-refractivity contribution in [3.8, 4) is 6.07 Å². The van der Waals surface area contributed by atoms with Crippen LogP contribution in [0.4, 0.5) is 18.9 Å². The molecule has 208 valence electrons. The fraction of sp³-hybridized carbons (Fsp3) is 0.615. The minimum absolute atomic E-state index is 0.0189. The minimum Gasteiger partial charge on any atom is -0.363 e. The third-order valence-corrected chi connectivity index (χ3v) is 7.86. The maximum absolute atomic E-state index is 13.5. The molecule has 0 aromatic heterocycles. The van der Waals surface area contributed by atoms with Crippen molar-refractivity contribution in [1.82, 2.24) is 20.0 Å². The Kier molecular flexibility index (Phi) is 9.95. The molecule has 2 fully saturated rings. The fourth-order valence-electron chi connectivity index (χ4n) is 4.74. The number of carbonyl (C=O) groups excluding carboxylic acids is 1. The van der Waals surface area contributed by atoms with E-state index >= 15 is 0 Å². The number of amides is 1. The van der Waals surface area contributed by atoms with Crippen molar-refractivity contribution >= 4 is 46.3 Å². The number of piperazine rings is 1. The molecule has 0 saturated carbocycles. The summed E-state index contributed by atoms with van der Waals surface area (Å²) >= 11 is 11.0. The van der Waals surface area contributed by atoms with E-state index in [2.05, 4.69) is 22.0 Å². The summed E-state index contributed by atoms with van der Waals surface area (Å²) in [5.74, 6) is -0.385. The summed E-state index contributed by atoms with van der Waals surface area (Å²) in [6.45, 7) is 11.7. The molecule has 0 radical (unpaired) electrons. The lowest BCUT2D eigenvalue weighted by atomic mass is 10.0. The zero-order chi connectivity index (χ0) is 28.1. The molecule has 0 aliphatic carbocycles. The normalized spacial score (nSPS) is 18.2. The van der Waals surface area contributed by atoms with Crippen LogP contribution in [0, 0.1) is 11.3 Å².